The first-order chi connectivity index (χ1) is 16.1. The second-order valence-corrected chi connectivity index (χ2v) is 8.26. The fourth-order valence-electron chi connectivity index (χ4n) is 4.52. The lowest BCUT2D eigenvalue weighted by molar-refractivity contribution is -0.140. The van der Waals surface area contributed by atoms with Crippen LogP contribution in [0.3, 0.4) is 0 Å². The number of hydrogen-bond donors (Lipinski definition) is 1. The van der Waals surface area contributed by atoms with Crippen LogP contribution in [0.5, 0.6) is 0 Å². The predicted molar refractivity (Wildman–Crippen MR) is 113 cm³/mol. The number of anilines is 1. The standard InChI is InChI=1S/C23H20F4N4O3/c1-11-20-14(9-34-11)13-7-17(29-8-18(13)30-21(20)28)22(32)31-4-5-33-10-19(31)12-2-3-16(24)15(6-12)23(25,26)27/h2-3,6-8,11,19H,4-5,9-10H2,1H3,(H2,28,30)/t11-,19-/m1/s1. The number of nitrogens with two attached hydrogens (primary N) is 1. The molecule has 34 heavy (non-hydrogen) atoms. The van der Waals surface area contributed by atoms with Gasteiger partial charge in [0.1, 0.15) is 17.3 Å². The van der Waals surface area contributed by atoms with Crippen molar-refractivity contribution >= 4 is 22.6 Å². The minimum atomic E-state index is -4.86. The van der Waals surface area contributed by atoms with E-state index in [-0.39, 0.29) is 37.1 Å². The number of aromatic nitrogens is 2. The SMILES string of the molecule is C[C@H]1OCc2c1c(N)nc1cnc(C(=O)N3CCOC[C@@H]3c3ccc(F)c(C(F)(F)F)c3)cc21. The van der Waals surface area contributed by atoms with Crippen molar-refractivity contribution in [3.63, 3.8) is 0 Å². The fraction of sp³-hybridized carbons (Fsp3) is 0.348. The molecule has 4 heterocycles. The average molecular weight is 476 g/mol. The molecular formula is C23H20F4N4O3. The molecule has 1 fully saturated rings. The second-order valence-electron chi connectivity index (χ2n) is 8.26. The van der Waals surface area contributed by atoms with Crippen molar-refractivity contribution in [3.05, 3.63) is 64.2 Å². The van der Waals surface area contributed by atoms with E-state index in [1.54, 1.807) is 6.07 Å². The molecule has 178 valence electrons. The molecule has 1 aromatic carbocycles. The van der Waals surface area contributed by atoms with Crippen LogP contribution in [-0.2, 0) is 22.3 Å². The molecule has 7 nitrogen and oxygen atoms in total. The Balaban J connectivity index is 1.53. The number of amides is 1. The Morgan fingerprint density at radius 3 is 2.82 bits per heavy atom. The minimum Gasteiger partial charge on any atom is -0.383 e. The van der Waals surface area contributed by atoms with Crippen molar-refractivity contribution in [1.29, 1.82) is 0 Å². The van der Waals surface area contributed by atoms with Gasteiger partial charge in [-0.15, -0.1) is 0 Å². The van der Waals surface area contributed by atoms with E-state index in [4.69, 9.17) is 15.2 Å². The lowest BCUT2D eigenvalue weighted by atomic mass is 10.00. The zero-order valence-electron chi connectivity index (χ0n) is 18.0. The molecule has 0 saturated carbocycles. The Morgan fingerprint density at radius 1 is 1.26 bits per heavy atom. The highest BCUT2D eigenvalue weighted by Crippen LogP contribution is 2.38. The Labute approximate surface area is 191 Å². The van der Waals surface area contributed by atoms with Crippen LogP contribution in [0.1, 0.15) is 51.8 Å². The number of alkyl halides is 3. The van der Waals surface area contributed by atoms with Gasteiger partial charge in [0, 0.05) is 17.5 Å². The number of pyridine rings is 2. The van der Waals surface area contributed by atoms with Gasteiger partial charge in [-0.25, -0.2) is 14.4 Å². The molecule has 2 aliphatic heterocycles. The van der Waals surface area contributed by atoms with Gasteiger partial charge >= 0.3 is 6.18 Å². The number of carbonyl (C=O) groups is 1. The van der Waals surface area contributed by atoms with Crippen LogP contribution in [0.2, 0.25) is 0 Å². The highest BCUT2D eigenvalue weighted by Gasteiger charge is 2.37. The summed E-state index contributed by atoms with van der Waals surface area (Å²) >= 11 is 0. The summed E-state index contributed by atoms with van der Waals surface area (Å²) in [6, 6.07) is 3.48. The molecule has 2 aromatic heterocycles. The van der Waals surface area contributed by atoms with Crippen molar-refractivity contribution in [3.8, 4) is 0 Å². The summed E-state index contributed by atoms with van der Waals surface area (Å²) in [5, 5.41) is 0.679. The number of hydrogen-bond acceptors (Lipinski definition) is 6. The first kappa shape index (κ1) is 22.5. The number of fused-ring (bicyclic) bond motifs is 3. The van der Waals surface area contributed by atoms with E-state index in [9.17, 15) is 22.4 Å². The highest BCUT2D eigenvalue weighted by atomic mass is 19.4. The number of rotatable bonds is 2. The molecule has 0 spiro atoms. The lowest BCUT2D eigenvalue weighted by Gasteiger charge is -2.36. The van der Waals surface area contributed by atoms with Gasteiger partial charge in [0.15, 0.2) is 0 Å². The van der Waals surface area contributed by atoms with Crippen LogP contribution in [0.4, 0.5) is 23.4 Å². The molecule has 0 aliphatic carbocycles. The Bertz CT molecular complexity index is 1300. The van der Waals surface area contributed by atoms with Gasteiger partial charge in [-0.05, 0) is 36.2 Å². The maximum Gasteiger partial charge on any atom is 0.419 e. The number of nitrogens with zero attached hydrogens (tertiary/aromatic N) is 3. The monoisotopic (exact) mass is 476 g/mol. The molecule has 0 radical (unpaired) electrons. The summed E-state index contributed by atoms with van der Waals surface area (Å²) in [7, 11) is 0. The van der Waals surface area contributed by atoms with Crippen LogP contribution >= 0.6 is 0 Å². The van der Waals surface area contributed by atoms with Crippen LogP contribution in [0, 0.1) is 5.82 Å². The van der Waals surface area contributed by atoms with E-state index in [1.807, 2.05) is 6.92 Å². The third kappa shape index (κ3) is 3.74. The zero-order chi connectivity index (χ0) is 24.2. The Morgan fingerprint density at radius 2 is 2.06 bits per heavy atom. The molecule has 1 amide bonds. The summed E-state index contributed by atoms with van der Waals surface area (Å²) in [6.07, 6.45) is -3.65. The maximum atomic E-state index is 13.8. The number of ether oxygens (including phenoxy) is 2. The first-order valence-corrected chi connectivity index (χ1v) is 10.6. The van der Waals surface area contributed by atoms with Gasteiger partial charge in [0.25, 0.3) is 5.91 Å². The van der Waals surface area contributed by atoms with E-state index in [2.05, 4.69) is 9.97 Å². The lowest BCUT2D eigenvalue weighted by Crippen LogP contribution is -2.43. The van der Waals surface area contributed by atoms with Gasteiger partial charge in [-0.3, -0.25) is 4.79 Å². The van der Waals surface area contributed by atoms with Crippen LogP contribution in [-0.4, -0.2) is 40.5 Å². The molecule has 5 rings (SSSR count). The van der Waals surface area contributed by atoms with Gasteiger partial charge in [0.05, 0.1) is 49.2 Å². The third-order valence-corrected chi connectivity index (χ3v) is 6.22. The number of morpholine rings is 1. The van der Waals surface area contributed by atoms with Gasteiger partial charge in [0.2, 0.25) is 0 Å². The normalized spacial score (nSPS) is 20.6. The second kappa shape index (κ2) is 8.17. The third-order valence-electron chi connectivity index (χ3n) is 6.22. The van der Waals surface area contributed by atoms with Gasteiger partial charge in [-0.1, -0.05) is 6.07 Å². The van der Waals surface area contributed by atoms with Crippen LogP contribution in [0.15, 0.2) is 30.5 Å². The largest absolute Gasteiger partial charge is 0.419 e. The smallest absolute Gasteiger partial charge is 0.383 e. The van der Waals surface area contributed by atoms with E-state index >= 15 is 0 Å². The topological polar surface area (TPSA) is 90.6 Å². The van der Waals surface area contributed by atoms with E-state index in [0.29, 0.717) is 23.3 Å². The van der Waals surface area contributed by atoms with Crippen molar-refractivity contribution in [2.24, 2.45) is 0 Å². The summed E-state index contributed by atoms with van der Waals surface area (Å²) < 4.78 is 64.6. The zero-order valence-corrected chi connectivity index (χ0v) is 18.0. The molecule has 0 bridgehead atoms. The van der Waals surface area contributed by atoms with Crippen LogP contribution < -0.4 is 5.73 Å². The highest BCUT2D eigenvalue weighted by molar-refractivity contribution is 5.97. The van der Waals surface area contributed by atoms with E-state index < -0.39 is 29.5 Å². The van der Waals surface area contributed by atoms with Gasteiger partial charge < -0.3 is 20.1 Å². The first-order valence-electron chi connectivity index (χ1n) is 10.6. The summed E-state index contributed by atoms with van der Waals surface area (Å²) in [6.45, 7) is 2.50. The molecule has 11 heteroatoms. The Kier molecular flexibility index (Phi) is 5.40. The van der Waals surface area contributed by atoms with Crippen molar-refractivity contribution in [2.45, 2.75) is 31.9 Å². The van der Waals surface area contributed by atoms with Gasteiger partial charge in [-0.2, -0.15) is 13.2 Å². The molecule has 3 aromatic rings. The van der Waals surface area contributed by atoms with Crippen LogP contribution in [0.25, 0.3) is 10.9 Å². The molecular weight excluding hydrogens is 456 g/mol. The fourth-order valence-corrected chi connectivity index (χ4v) is 4.52. The molecule has 2 N–H and O–H groups in total. The quantitative estimate of drug-likeness (QED) is 0.559. The average Bonchev–Trinajstić information content (AvgIpc) is 3.20. The molecule has 0 unspecified atom stereocenters. The van der Waals surface area contributed by atoms with Crippen molar-refractivity contribution in [2.75, 3.05) is 25.5 Å². The summed E-state index contributed by atoms with van der Waals surface area (Å²) in [5.41, 5.74) is 7.02. The number of benzene rings is 1. The molecule has 2 atom stereocenters. The molecule has 1 saturated heterocycles. The van der Waals surface area contributed by atoms with E-state index in [1.165, 1.54) is 17.2 Å². The number of halogens is 4. The predicted octanol–water partition coefficient (Wildman–Crippen LogP) is 4.17. The molecule has 2 aliphatic rings. The maximum absolute atomic E-state index is 13.8. The summed E-state index contributed by atoms with van der Waals surface area (Å²) in [5.74, 6) is -1.51. The number of carbonyl (C=O) groups excluding carboxylic acids is 1. The summed E-state index contributed by atoms with van der Waals surface area (Å²) in [4.78, 5) is 23.4. The van der Waals surface area contributed by atoms with E-state index in [0.717, 1.165) is 23.3 Å². The minimum absolute atomic E-state index is 0.0267. The van der Waals surface area contributed by atoms with Crippen molar-refractivity contribution < 1.29 is 31.8 Å². The Hall–Kier alpha value is -3.31. The van der Waals surface area contributed by atoms with Crippen molar-refractivity contribution in [1.82, 2.24) is 14.9 Å². The number of nitrogen functional groups attached to an aromatic ring is 1.